The fraction of sp³-hybridized carbons (Fsp3) is 0.846. The van der Waals surface area contributed by atoms with Crippen molar-refractivity contribution in [1.82, 2.24) is 10.2 Å². The number of hydrogen-bond donors (Lipinski definition) is 1. The quantitative estimate of drug-likeness (QED) is 0.793. The lowest BCUT2D eigenvalue weighted by Crippen LogP contribution is -2.64. The van der Waals surface area contributed by atoms with E-state index in [1.165, 1.54) is 0 Å². The molecule has 4 nitrogen and oxygen atoms in total. The molecule has 1 aliphatic rings. The zero-order valence-corrected chi connectivity index (χ0v) is 11.7. The molecule has 1 saturated heterocycles. The largest absolute Gasteiger partial charge is 0.342 e. The average Bonchev–Trinajstić information content (AvgIpc) is 2.16. The second kappa shape index (κ2) is 4.67. The van der Waals surface area contributed by atoms with Crippen molar-refractivity contribution in [1.29, 1.82) is 0 Å². The van der Waals surface area contributed by atoms with Crippen LogP contribution in [-0.4, -0.2) is 35.3 Å². The SMILES string of the molecule is CC(C)C1NC(=O)C(C)N(CC(C)(C)C)C1=O. The number of hydrogen-bond acceptors (Lipinski definition) is 2. The Bertz CT molecular complexity index is 318. The van der Waals surface area contributed by atoms with Gasteiger partial charge in [-0.15, -0.1) is 0 Å². The van der Waals surface area contributed by atoms with Gasteiger partial charge in [-0.3, -0.25) is 9.59 Å². The van der Waals surface area contributed by atoms with Crippen molar-refractivity contribution in [3.63, 3.8) is 0 Å². The lowest BCUT2D eigenvalue weighted by Gasteiger charge is -2.41. The Morgan fingerprint density at radius 1 is 1.29 bits per heavy atom. The zero-order valence-electron chi connectivity index (χ0n) is 11.7. The molecule has 0 saturated carbocycles. The van der Waals surface area contributed by atoms with Crippen molar-refractivity contribution < 1.29 is 9.59 Å². The third kappa shape index (κ3) is 3.20. The van der Waals surface area contributed by atoms with Gasteiger partial charge in [-0.25, -0.2) is 0 Å². The van der Waals surface area contributed by atoms with Crippen molar-refractivity contribution in [3.05, 3.63) is 0 Å². The maximum Gasteiger partial charge on any atom is 0.246 e. The topological polar surface area (TPSA) is 49.4 Å². The van der Waals surface area contributed by atoms with Gasteiger partial charge in [-0.2, -0.15) is 0 Å². The van der Waals surface area contributed by atoms with Gasteiger partial charge in [0.25, 0.3) is 0 Å². The highest BCUT2D eigenvalue weighted by Crippen LogP contribution is 2.22. The van der Waals surface area contributed by atoms with Crippen LogP contribution in [0.4, 0.5) is 0 Å². The van der Waals surface area contributed by atoms with Crippen LogP contribution in [0.1, 0.15) is 41.5 Å². The summed E-state index contributed by atoms with van der Waals surface area (Å²) in [5, 5.41) is 2.80. The Balaban J connectivity index is 2.92. The lowest BCUT2D eigenvalue weighted by molar-refractivity contribution is -0.151. The smallest absolute Gasteiger partial charge is 0.246 e. The summed E-state index contributed by atoms with van der Waals surface area (Å²) in [5.41, 5.74) is 0.00305. The Hall–Kier alpha value is -1.06. The van der Waals surface area contributed by atoms with Crippen LogP contribution in [0.15, 0.2) is 0 Å². The molecule has 0 aromatic rings. The van der Waals surface area contributed by atoms with Crippen LogP contribution in [0, 0.1) is 11.3 Å². The van der Waals surface area contributed by atoms with E-state index in [4.69, 9.17) is 0 Å². The zero-order chi connectivity index (χ0) is 13.4. The van der Waals surface area contributed by atoms with E-state index in [-0.39, 0.29) is 35.2 Å². The van der Waals surface area contributed by atoms with Crippen LogP contribution < -0.4 is 5.32 Å². The highest BCUT2D eigenvalue weighted by molar-refractivity contribution is 5.96. The van der Waals surface area contributed by atoms with Crippen molar-refractivity contribution in [3.8, 4) is 0 Å². The van der Waals surface area contributed by atoms with Gasteiger partial charge in [-0.1, -0.05) is 34.6 Å². The van der Waals surface area contributed by atoms with E-state index < -0.39 is 0 Å². The standard InChI is InChI=1S/C13H24N2O2/c1-8(2)10-12(17)15(7-13(4,5)6)9(3)11(16)14-10/h8-10H,7H2,1-6H3,(H,14,16). The molecule has 1 fully saturated rings. The molecular weight excluding hydrogens is 216 g/mol. The van der Waals surface area contributed by atoms with Gasteiger partial charge in [0.2, 0.25) is 11.8 Å². The summed E-state index contributed by atoms with van der Waals surface area (Å²) < 4.78 is 0. The summed E-state index contributed by atoms with van der Waals surface area (Å²) in [6.45, 7) is 12.5. The molecule has 1 aliphatic heterocycles. The predicted molar refractivity (Wildman–Crippen MR) is 67.4 cm³/mol. The van der Waals surface area contributed by atoms with Gasteiger partial charge in [0.15, 0.2) is 0 Å². The van der Waals surface area contributed by atoms with Crippen LogP contribution in [0.5, 0.6) is 0 Å². The van der Waals surface area contributed by atoms with E-state index >= 15 is 0 Å². The number of rotatable bonds is 2. The van der Waals surface area contributed by atoms with Gasteiger partial charge < -0.3 is 10.2 Å². The van der Waals surface area contributed by atoms with E-state index in [9.17, 15) is 9.59 Å². The third-order valence-corrected chi connectivity index (χ3v) is 3.01. The number of amides is 2. The summed E-state index contributed by atoms with van der Waals surface area (Å²) in [6, 6.07) is -0.738. The first kappa shape index (κ1) is 14.0. The second-order valence-electron chi connectivity index (χ2n) is 6.43. The first-order chi connectivity index (χ1) is 7.63. The lowest BCUT2D eigenvalue weighted by atomic mass is 9.92. The minimum absolute atomic E-state index is 0.00305. The van der Waals surface area contributed by atoms with E-state index in [1.54, 1.807) is 11.8 Å². The molecule has 2 amide bonds. The molecule has 17 heavy (non-hydrogen) atoms. The number of carbonyl (C=O) groups excluding carboxylic acids is 2. The molecule has 0 bridgehead atoms. The van der Waals surface area contributed by atoms with E-state index in [0.717, 1.165) is 0 Å². The Kier molecular flexibility index (Phi) is 3.84. The molecule has 1 N–H and O–H groups in total. The van der Waals surface area contributed by atoms with Crippen molar-refractivity contribution in [2.24, 2.45) is 11.3 Å². The molecule has 2 unspecified atom stereocenters. The van der Waals surface area contributed by atoms with Crippen LogP contribution in [0.3, 0.4) is 0 Å². The Morgan fingerprint density at radius 3 is 2.24 bits per heavy atom. The minimum Gasteiger partial charge on any atom is -0.342 e. The van der Waals surface area contributed by atoms with Gasteiger partial charge >= 0.3 is 0 Å². The molecule has 0 aromatic heterocycles. The number of piperazine rings is 1. The maximum absolute atomic E-state index is 12.3. The first-order valence-corrected chi connectivity index (χ1v) is 6.24. The average molecular weight is 240 g/mol. The van der Waals surface area contributed by atoms with Gasteiger partial charge in [-0.05, 0) is 18.3 Å². The predicted octanol–water partition coefficient (Wildman–Crippen LogP) is 1.40. The van der Waals surface area contributed by atoms with Crippen LogP contribution in [0.25, 0.3) is 0 Å². The summed E-state index contributed by atoms with van der Waals surface area (Å²) in [4.78, 5) is 25.9. The second-order valence-corrected chi connectivity index (χ2v) is 6.43. The van der Waals surface area contributed by atoms with Crippen LogP contribution in [0.2, 0.25) is 0 Å². The molecule has 1 rings (SSSR count). The maximum atomic E-state index is 12.3. The van der Waals surface area contributed by atoms with Gasteiger partial charge in [0.05, 0.1) is 0 Å². The molecule has 98 valence electrons. The number of nitrogens with zero attached hydrogens (tertiary/aromatic N) is 1. The fourth-order valence-electron chi connectivity index (χ4n) is 2.02. The van der Waals surface area contributed by atoms with E-state index in [1.807, 2.05) is 13.8 Å². The fourth-order valence-corrected chi connectivity index (χ4v) is 2.02. The molecule has 0 aliphatic carbocycles. The van der Waals surface area contributed by atoms with Gasteiger partial charge in [0, 0.05) is 6.54 Å². The molecular formula is C13H24N2O2. The molecule has 4 heteroatoms. The van der Waals surface area contributed by atoms with Crippen LogP contribution in [-0.2, 0) is 9.59 Å². The molecule has 0 radical (unpaired) electrons. The van der Waals surface area contributed by atoms with Gasteiger partial charge in [0.1, 0.15) is 12.1 Å². The molecule has 0 spiro atoms. The molecule has 0 aromatic carbocycles. The molecule has 1 heterocycles. The summed E-state index contributed by atoms with van der Waals surface area (Å²) in [7, 11) is 0. The van der Waals surface area contributed by atoms with Crippen LogP contribution >= 0.6 is 0 Å². The first-order valence-electron chi connectivity index (χ1n) is 6.24. The molecule has 2 atom stereocenters. The highest BCUT2D eigenvalue weighted by atomic mass is 16.2. The van der Waals surface area contributed by atoms with E-state index in [2.05, 4.69) is 26.1 Å². The summed E-state index contributed by atoms with van der Waals surface area (Å²) >= 11 is 0. The minimum atomic E-state index is -0.374. The monoisotopic (exact) mass is 240 g/mol. The van der Waals surface area contributed by atoms with E-state index in [0.29, 0.717) is 6.54 Å². The van der Waals surface area contributed by atoms with Crippen molar-refractivity contribution in [2.45, 2.75) is 53.6 Å². The highest BCUT2D eigenvalue weighted by Gasteiger charge is 2.40. The normalized spacial score (nSPS) is 26.4. The Morgan fingerprint density at radius 2 is 1.82 bits per heavy atom. The third-order valence-electron chi connectivity index (χ3n) is 3.01. The Labute approximate surface area is 104 Å². The summed E-state index contributed by atoms with van der Waals surface area (Å²) in [6.07, 6.45) is 0. The number of nitrogens with one attached hydrogen (secondary N) is 1. The number of carbonyl (C=O) groups is 2. The van der Waals surface area contributed by atoms with Crippen molar-refractivity contribution in [2.75, 3.05) is 6.54 Å². The summed E-state index contributed by atoms with van der Waals surface area (Å²) in [5.74, 6) is 0.121. The van der Waals surface area contributed by atoms with Crippen molar-refractivity contribution >= 4 is 11.8 Å².